The number of benzene rings is 2. The molecule has 0 atom stereocenters. The van der Waals surface area contributed by atoms with Crippen molar-refractivity contribution in [1.29, 1.82) is 0 Å². The number of nitrogens with zero attached hydrogens (tertiary/aromatic N) is 1. The lowest BCUT2D eigenvalue weighted by molar-refractivity contribution is -0.120. The lowest BCUT2D eigenvalue weighted by Gasteiger charge is -2.11. The Morgan fingerprint density at radius 3 is 2.42 bits per heavy atom. The smallest absolute Gasteiger partial charge is 0.265 e. The highest BCUT2D eigenvalue weighted by Gasteiger charge is 2.05. The first kappa shape index (κ1) is 19.3. The van der Waals surface area contributed by atoms with E-state index in [1.807, 2.05) is 63.2 Å². The van der Waals surface area contributed by atoms with Gasteiger partial charge in [-0.3, -0.25) is 4.79 Å². The molecule has 0 spiro atoms. The molecular weight excluding hydrogens is 332 g/mol. The molecule has 2 aromatic rings. The number of ether oxygens (including phenoxy) is 2. The van der Waals surface area contributed by atoms with E-state index in [1.54, 1.807) is 0 Å². The summed E-state index contributed by atoms with van der Waals surface area (Å²) in [5.41, 5.74) is 2.64. The van der Waals surface area contributed by atoms with Crippen molar-refractivity contribution in [2.45, 2.75) is 20.8 Å². The zero-order valence-electron chi connectivity index (χ0n) is 15.3. The Kier molecular flexibility index (Phi) is 7.49. The lowest BCUT2D eigenvalue weighted by atomic mass is 10.2. The fourth-order valence-corrected chi connectivity index (χ4v) is 2.18. The first-order valence-corrected chi connectivity index (χ1v) is 8.54. The molecule has 6 heteroatoms. The average molecular weight is 356 g/mol. The van der Waals surface area contributed by atoms with E-state index in [9.17, 15) is 4.79 Å². The Labute approximate surface area is 153 Å². The molecule has 6 nitrogen and oxygen atoms in total. The topological polar surface area (TPSA) is 69.2 Å². The SMILES string of the molecule is CCOc1ccc(C=NOCC(=O)Nc2ccc(C)cc2)cc1OCC. The van der Waals surface area contributed by atoms with Gasteiger partial charge in [0.2, 0.25) is 0 Å². The summed E-state index contributed by atoms with van der Waals surface area (Å²) in [6, 6.07) is 13.0. The van der Waals surface area contributed by atoms with Gasteiger partial charge in [0.15, 0.2) is 18.1 Å². The summed E-state index contributed by atoms with van der Waals surface area (Å²) < 4.78 is 11.1. The number of hydrogen-bond donors (Lipinski definition) is 1. The number of amides is 1. The van der Waals surface area contributed by atoms with Crippen LogP contribution in [-0.2, 0) is 9.63 Å². The molecule has 0 unspecified atom stereocenters. The van der Waals surface area contributed by atoms with Crippen LogP contribution in [0.5, 0.6) is 11.5 Å². The number of carbonyl (C=O) groups is 1. The zero-order chi connectivity index (χ0) is 18.8. The molecule has 138 valence electrons. The van der Waals surface area contributed by atoms with Crippen molar-refractivity contribution in [3.05, 3.63) is 53.6 Å². The van der Waals surface area contributed by atoms with E-state index in [0.717, 1.165) is 16.8 Å². The van der Waals surface area contributed by atoms with Gasteiger partial charge < -0.3 is 19.6 Å². The molecule has 0 heterocycles. The summed E-state index contributed by atoms with van der Waals surface area (Å²) in [5, 5.41) is 6.57. The number of aryl methyl sites for hydroxylation is 1. The molecular formula is C20H24N2O4. The largest absolute Gasteiger partial charge is 0.490 e. The van der Waals surface area contributed by atoms with Crippen molar-refractivity contribution in [3.63, 3.8) is 0 Å². The van der Waals surface area contributed by atoms with Gasteiger partial charge in [-0.1, -0.05) is 22.9 Å². The Morgan fingerprint density at radius 1 is 1.04 bits per heavy atom. The van der Waals surface area contributed by atoms with Crippen molar-refractivity contribution < 1.29 is 19.1 Å². The maximum Gasteiger partial charge on any atom is 0.265 e. The number of oxime groups is 1. The van der Waals surface area contributed by atoms with Gasteiger partial charge in [0.25, 0.3) is 5.91 Å². The van der Waals surface area contributed by atoms with Crippen LogP contribution in [0, 0.1) is 6.92 Å². The van der Waals surface area contributed by atoms with Crippen LogP contribution < -0.4 is 14.8 Å². The van der Waals surface area contributed by atoms with Gasteiger partial charge in [-0.15, -0.1) is 0 Å². The van der Waals surface area contributed by atoms with E-state index < -0.39 is 0 Å². The Hall–Kier alpha value is -3.02. The van der Waals surface area contributed by atoms with Gasteiger partial charge in [-0.05, 0) is 51.1 Å². The fourth-order valence-electron chi connectivity index (χ4n) is 2.18. The predicted octanol–water partition coefficient (Wildman–Crippen LogP) is 3.78. The Balaban J connectivity index is 1.86. The molecule has 0 saturated heterocycles. The van der Waals surface area contributed by atoms with Crippen LogP contribution in [0.15, 0.2) is 47.6 Å². The van der Waals surface area contributed by atoms with Gasteiger partial charge in [0.05, 0.1) is 19.4 Å². The van der Waals surface area contributed by atoms with Crippen LogP contribution in [0.1, 0.15) is 25.0 Å². The van der Waals surface area contributed by atoms with Crippen molar-refractivity contribution in [3.8, 4) is 11.5 Å². The molecule has 0 saturated carbocycles. The third-order valence-electron chi connectivity index (χ3n) is 3.37. The normalized spacial score (nSPS) is 10.6. The molecule has 2 aromatic carbocycles. The molecule has 0 aliphatic carbocycles. The first-order chi connectivity index (χ1) is 12.6. The summed E-state index contributed by atoms with van der Waals surface area (Å²) in [7, 11) is 0. The molecule has 2 rings (SSSR count). The summed E-state index contributed by atoms with van der Waals surface area (Å²) in [6.07, 6.45) is 1.53. The van der Waals surface area contributed by atoms with Crippen molar-refractivity contribution in [2.24, 2.45) is 5.16 Å². The minimum absolute atomic E-state index is 0.167. The zero-order valence-corrected chi connectivity index (χ0v) is 15.3. The van der Waals surface area contributed by atoms with Crippen LogP contribution >= 0.6 is 0 Å². The quantitative estimate of drug-likeness (QED) is 0.548. The van der Waals surface area contributed by atoms with Gasteiger partial charge in [0, 0.05) is 11.3 Å². The van der Waals surface area contributed by atoms with E-state index in [2.05, 4.69) is 10.5 Å². The standard InChI is InChI=1S/C20H24N2O4/c1-4-24-18-11-8-16(12-19(18)25-5-2)13-21-26-14-20(23)22-17-9-6-15(3)7-10-17/h6-13H,4-5,14H2,1-3H3,(H,22,23). The maximum atomic E-state index is 11.8. The average Bonchev–Trinajstić information content (AvgIpc) is 2.63. The summed E-state index contributed by atoms with van der Waals surface area (Å²) in [6.45, 7) is 6.75. The minimum atomic E-state index is -0.271. The highest BCUT2D eigenvalue weighted by Crippen LogP contribution is 2.28. The van der Waals surface area contributed by atoms with Crippen LogP contribution in [0.3, 0.4) is 0 Å². The number of hydrogen-bond acceptors (Lipinski definition) is 5. The molecule has 1 N–H and O–H groups in total. The molecule has 0 bridgehead atoms. The van der Waals surface area contributed by atoms with Gasteiger partial charge in [-0.2, -0.15) is 0 Å². The number of nitrogens with one attached hydrogen (secondary N) is 1. The monoisotopic (exact) mass is 356 g/mol. The van der Waals surface area contributed by atoms with Crippen molar-refractivity contribution in [1.82, 2.24) is 0 Å². The Morgan fingerprint density at radius 2 is 1.73 bits per heavy atom. The number of carbonyl (C=O) groups excluding carboxylic acids is 1. The third kappa shape index (κ3) is 6.12. The second-order valence-corrected chi connectivity index (χ2v) is 5.49. The molecule has 0 aromatic heterocycles. The fraction of sp³-hybridized carbons (Fsp3) is 0.300. The molecule has 1 amide bonds. The van der Waals surface area contributed by atoms with Crippen molar-refractivity contribution >= 4 is 17.8 Å². The summed E-state index contributed by atoms with van der Waals surface area (Å²) >= 11 is 0. The lowest BCUT2D eigenvalue weighted by Crippen LogP contribution is -2.16. The number of anilines is 1. The third-order valence-corrected chi connectivity index (χ3v) is 3.37. The van der Waals surface area contributed by atoms with Crippen LogP contribution in [0.25, 0.3) is 0 Å². The van der Waals surface area contributed by atoms with Crippen LogP contribution in [0.4, 0.5) is 5.69 Å². The van der Waals surface area contributed by atoms with E-state index >= 15 is 0 Å². The van der Waals surface area contributed by atoms with E-state index in [-0.39, 0.29) is 12.5 Å². The first-order valence-electron chi connectivity index (χ1n) is 8.54. The van der Waals surface area contributed by atoms with Gasteiger partial charge in [-0.25, -0.2) is 0 Å². The highest BCUT2D eigenvalue weighted by molar-refractivity contribution is 5.91. The molecule has 0 radical (unpaired) electrons. The van der Waals surface area contributed by atoms with Gasteiger partial charge in [0.1, 0.15) is 0 Å². The predicted molar refractivity (Wildman–Crippen MR) is 102 cm³/mol. The van der Waals surface area contributed by atoms with E-state index in [0.29, 0.717) is 24.7 Å². The van der Waals surface area contributed by atoms with Gasteiger partial charge >= 0.3 is 0 Å². The highest BCUT2D eigenvalue weighted by atomic mass is 16.6. The summed E-state index contributed by atoms with van der Waals surface area (Å²) in [4.78, 5) is 16.9. The minimum Gasteiger partial charge on any atom is -0.490 e. The van der Waals surface area contributed by atoms with E-state index in [4.69, 9.17) is 14.3 Å². The van der Waals surface area contributed by atoms with Crippen molar-refractivity contribution in [2.75, 3.05) is 25.1 Å². The van der Waals surface area contributed by atoms with Crippen LogP contribution in [0.2, 0.25) is 0 Å². The van der Waals surface area contributed by atoms with E-state index in [1.165, 1.54) is 6.21 Å². The second kappa shape index (κ2) is 10.1. The second-order valence-electron chi connectivity index (χ2n) is 5.49. The maximum absolute atomic E-state index is 11.8. The Bertz CT molecular complexity index is 742. The molecule has 0 aliphatic heterocycles. The molecule has 0 fully saturated rings. The number of rotatable bonds is 9. The molecule has 0 aliphatic rings. The van der Waals surface area contributed by atoms with Crippen LogP contribution in [-0.4, -0.2) is 31.9 Å². The molecule has 26 heavy (non-hydrogen) atoms. The summed E-state index contributed by atoms with van der Waals surface area (Å²) in [5.74, 6) is 1.06.